The molecule has 1 aromatic heterocycles. The maximum absolute atomic E-state index is 13.1. The molecule has 2 saturated heterocycles. The average molecular weight is 400 g/mol. The molecule has 7 nitrogen and oxygen atoms in total. The molecule has 8 heteroatoms. The van der Waals surface area contributed by atoms with Gasteiger partial charge in [-0.05, 0) is 49.9 Å². The van der Waals surface area contributed by atoms with Crippen LogP contribution >= 0.6 is 0 Å². The monoisotopic (exact) mass is 400 g/mol. The van der Waals surface area contributed by atoms with Gasteiger partial charge >= 0.3 is 0 Å². The summed E-state index contributed by atoms with van der Waals surface area (Å²) in [5.41, 5.74) is 0.697. The van der Waals surface area contributed by atoms with Crippen LogP contribution in [0.2, 0.25) is 0 Å². The molecule has 0 radical (unpaired) electrons. The van der Waals surface area contributed by atoms with Gasteiger partial charge < -0.3 is 14.3 Å². The van der Waals surface area contributed by atoms with Gasteiger partial charge in [0.1, 0.15) is 5.82 Å². The fourth-order valence-corrected chi connectivity index (χ4v) is 4.20. The van der Waals surface area contributed by atoms with E-state index in [-0.39, 0.29) is 29.5 Å². The van der Waals surface area contributed by atoms with Gasteiger partial charge in [0.2, 0.25) is 23.5 Å². The topological polar surface area (TPSA) is 79.5 Å². The number of nitrogens with zero attached hydrogens (tertiary/aromatic N) is 4. The summed E-state index contributed by atoms with van der Waals surface area (Å²) in [7, 11) is 0. The molecular weight excluding hydrogens is 375 g/mol. The Labute approximate surface area is 168 Å². The van der Waals surface area contributed by atoms with Gasteiger partial charge in [-0.3, -0.25) is 9.59 Å². The van der Waals surface area contributed by atoms with Crippen LogP contribution in [0.15, 0.2) is 28.8 Å². The molecule has 2 fully saturated rings. The Morgan fingerprint density at radius 2 is 1.79 bits per heavy atom. The average Bonchev–Trinajstić information content (AvgIpc) is 3.24. The van der Waals surface area contributed by atoms with Crippen LogP contribution in [0.5, 0.6) is 0 Å². The Kier molecular flexibility index (Phi) is 5.60. The van der Waals surface area contributed by atoms with Crippen molar-refractivity contribution in [2.24, 2.45) is 5.92 Å². The zero-order valence-corrected chi connectivity index (χ0v) is 16.5. The Bertz CT molecular complexity index is 874. The molecule has 4 rings (SSSR count). The number of carbonyl (C=O) groups excluding carboxylic acids is 2. The van der Waals surface area contributed by atoms with Crippen molar-refractivity contribution in [1.29, 1.82) is 0 Å². The molecule has 0 N–H and O–H groups in total. The van der Waals surface area contributed by atoms with E-state index < -0.39 is 0 Å². The molecule has 0 unspecified atom stereocenters. The van der Waals surface area contributed by atoms with Gasteiger partial charge in [-0.15, -0.1) is 0 Å². The first kappa shape index (κ1) is 19.5. The highest BCUT2D eigenvalue weighted by Crippen LogP contribution is 2.30. The van der Waals surface area contributed by atoms with Crippen LogP contribution in [0, 0.1) is 11.7 Å². The summed E-state index contributed by atoms with van der Waals surface area (Å²) in [6.07, 6.45) is 3.21. The van der Waals surface area contributed by atoms with Gasteiger partial charge in [0, 0.05) is 44.6 Å². The fourth-order valence-electron chi connectivity index (χ4n) is 4.20. The molecule has 0 bridgehead atoms. The van der Waals surface area contributed by atoms with E-state index in [1.807, 2.05) is 4.90 Å². The van der Waals surface area contributed by atoms with Gasteiger partial charge in [0.15, 0.2) is 0 Å². The molecule has 3 heterocycles. The van der Waals surface area contributed by atoms with E-state index in [9.17, 15) is 14.0 Å². The highest BCUT2D eigenvalue weighted by Gasteiger charge is 2.33. The molecule has 0 saturated carbocycles. The fraction of sp³-hybridized carbons (Fsp3) is 0.524. The standard InChI is InChI=1S/C21H25FN4O3/c1-14(27)25-11-8-16(9-12-25)21(28)26-10-2-3-17(13-26)20-23-19(24-29-20)15-4-6-18(22)7-5-15/h4-7,16-17H,2-3,8-13H2,1H3/t17-/m0/s1. The van der Waals surface area contributed by atoms with Crippen molar-refractivity contribution in [3.8, 4) is 11.4 Å². The van der Waals surface area contributed by atoms with Crippen molar-refractivity contribution in [2.75, 3.05) is 26.2 Å². The lowest BCUT2D eigenvalue weighted by atomic mass is 9.92. The molecule has 2 aromatic rings. The lowest BCUT2D eigenvalue weighted by Gasteiger charge is -2.36. The normalized spacial score (nSPS) is 20.7. The maximum atomic E-state index is 13.1. The number of halogens is 1. The summed E-state index contributed by atoms with van der Waals surface area (Å²) >= 11 is 0. The number of amides is 2. The van der Waals surface area contributed by atoms with Crippen molar-refractivity contribution in [2.45, 2.75) is 38.5 Å². The highest BCUT2D eigenvalue weighted by molar-refractivity contribution is 5.80. The minimum atomic E-state index is -0.312. The minimum absolute atomic E-state index is 0.00621. The Morgan fingerprint density at radius 3 is 2.48 bits per heavy atom. The molecule has 154 valence electrons. The van der Waals surface area contributed by atoms with Crippen molar-refractivity contribution >= 4 is 11.8 Å². The molecule has 2 aliphatic heterocycles. The molecule has 2 aliphatic rings. The van der Waals surface area contributed by atoms with Crippen molar-refractivity contribution in [1.82, 2.24) is 19.9 Å². The summed E-state index contributed by atoms with van der Waals surface area (Å²) in [5, 5.41) is 4.03. The lowest BCUT2D eigenvalue weighted by molar-refractivity contribution is -0.141. The number of likely N-dealkylation sites (tertiary alicyclic amines) is 2. The Balaban J connectivity index is 1.39. The number of benzene rings is 1. The number of hydrogen-bond donors (Lipinski definition) is 0. The largest absolute Gasteiger partial charge is 0.343 e. The lowest BCUT2D eigenvalue weighted by Crippen LogP contribution is -2.46. The Morgan fingerprint density at radius 1 is 1.07 bits per heavy atom. The minimum Gasteiger partial charge on any atom is -0.343 e. The first-order valence-corrected chi connectivity index (χ1v) is 10.1. The van der Waals surface area contributed by atoms with Gasteiger partial charge in [0.25, 0.3) is 0 Å². The summed E-state index contributed by atoms with van der Waals surface area (Å²) in [5.74, 6) is 0.855. The van der Waals surface area contributed by atoms with Crippen LogP contribution in [0.25, 0.3) is 11.4 Å². The second kappa shape index (κ2) is 8.31. The number of hydrogen-bond acceptors (Lipinski definition) is 5. The number of carbonyl (C=O) groups is 2. The van der Waals surface area contributed by atoms with Crippen molar-refractivity contribution in [3.63, 3.8) is 0 Å². The van der Waals surface area contributed by atoms with E-state index in [1.54, 1.807) is 24.0 Å². The predicted octanol–water partition coefficient (Wildman–Crippen LogP) is 2.84. The van der Waals surface area contributed by atoms with E-state index in [2.05, 4.69) is 10.1 Å². The third-order valence-electron chi connectivity index (χ3n) is 5.92. The van der Waals surface area contributed by atoms with Crippen LogP contribution in [0.4, 0.5) is 4.39 Å². The van der Waals surface area contributed by atoms with E-state index in [0.29, 0.717) is 36.9 Å². The second-order valence-electron chi connectivity index (χ2n) is 7.87. The number of rotatable bonds is 3. The SMILES string of the molecule is CC(=O)N1CCC(C(=O)N2CCC[C@H](c3nc(-c4ccc(F)cc4)no3)C2)CC1. The van der Waals surface area contributed by atoms with Crippen LogP contribution in [0.3, 0.4) is 0 Å². The Hall–Kier alpha value is -2.77. The summed E-state index contributed by atoms with van der Waals surface area (Å²) in [6.45, 7) is 4.17. The molecule has 0 aliphatic carbocycles. The van der Waals surface area contributed by atoms with Crippen molar-refractivity contribution < 1.29 is 18.5 Å². The van der Waals surface area contributed by atoms with Gasteiger partial charge in [-0.2, -0.15) is 4.98 Å². The molecule has 29 heavy (non-hydrogen) atoms. The first-order valence-electron chi connectivity index (χ1n) is 10.1. The molecule has 2 amide bonds. The third kappa shape index (κ3) is 4.31. The van der Waals surface area contributed by atoms with E-state index >= 15 is 0 Å². The number of aromatic nitrogens is 2. The van der Waals surface area contributed by atoms with E-state index in [0.717, 1.165) is 32.2 Å². The maximum Gasteiger partial charge on any atom is 0.231 e. The summed E-state index contributed by atoms with van der Waals surface area (Å²) in [6, 6.07) is 5.97. The first-order chi connectivity index (χ1) is 14.0. The van der Waals surface area contributed by atoms with Gasteiger partial charge in [0.05, 0.1) is 5.92 Å². The zero-order valence-electron chi connectivity index (χ0n) is 16.5. The molecular formula is C21H25FN4O3. The molecule has 0 spiro atoms. The summed E-state index contributed by atoms with van der Waals surface area (Å²) < 4.78 is 18.6. The predicted molar refractivity (Wildman–Crippen MR) is 103 cm³/mol. The van der Waals surface area contributed by atoms with E-state index in [4.69, 9.17) is 4.52 Å². The summed E-state index contributed by atoms with van der Waals surface area (Å²) in [4.78, 5) is 32.7. The second-order valence-corrected chi connectivity index (χ2v) is 7.87. The van der Waals surface area contributed by atoms with E-state index in [1.165, 1.54) is 12.1 Å². The number of piperidine rings is 2. The van der Waals surface area contributed by atoms with Crippen LogP contribution in [-0.4, -0.2) is 57.9 Å². The van der Waals surface area contributed by atoms with Crippen LogP contribution in [-0.2, 0) is 9.59 Å². The molecule has 1 atom stereocenters. The zero-order chi connectivity index (χ0) is 20.4. The highest BCUT2D eigenvalue weighted by atomic mass is 19.1. The third-order valence-corrected chi connectivity index (χ3v) is 5.92. The quantitative estimate of drug-likeness (QED) is 0.792. The van der Waals surface area contributed by atoms with Crippen LogP contribution in [0.1, 0.15) is 44.4 Å². The van der Waals surface area contributed by atoms with Gasteiger partial charge in [-0.1, -0.05) is 5.16 Å². The molecule has 1 aromatic carbocycles. The van der Waals surface area contributed by atoms with Crippen LogP contribution < -0.4 is 0 Å². The van der Waals surface area contributed by atoms with Crippen molar-refractivity contribution in [3.05, 3.63) is 36.0 Å². The smallest absolute Gasteiger partial charge is 0.231 e. The van der Waals surface area contributed by atoms with Gasteiger partial charge in [-0.25, -0.2) is 4.39 Å².